The molecule has 0 unspecified atom stereocenters. The maximum atomic E-state index is 12.1. The Morgan fingerprint density at radius 3 is 2.62 bits per heavy atom. The number of aromatic amines is 1. The number of rotatable bonds is 6. The van der Waals surface area contributed by atoms with E-state index in [1.807, 2.05) is 6.07 Å². The van der Waals surface area contributed by atoms with Gasteiger partial charge in [-0.3, -0.25) is 4.79 Å². The Hall–Kier alpha value is -3.19. The number of aromatic hydroxyl groups is 1. The van der Waals surface area contributed by atoms with Gasteiger partial charge in [-0.15, -0.1) is 10.2 Å². The highest BCUT2D eigenvalue weighted by atomic mass is 16.5. The SMILES string of the molecule is COCCc1c(OC)ccc2c(N=NC(=O)c3ccccc3)c(O)[nH]c12. The topological polar surface area (TPSA) is 96.3 Å². The lowest BCUT2D eigenvalue weighted by Crippen LogP contribution is -1.99. The first kappa shape index (κ1) is 17.6. The van der Waals surface area contributed by atoms with Crippen molar-refractivity contribution >= 4 is 22.5 Å². The van der Waals surface area contributed by atoms with Crippen molar-refractivity contribution in [3.8, 4) is 11.6 Å². The molecule has 0 spiro atoms. The van der Waals surface area contributed by atoms with Gasteiger partial charge in [0.05, 0.1) is 19.2 Å². The average molecular weight is 353 g/mol. The van der Waals surface area contributed by atoms with Gasteiger partial charge in [0.2, 0.25) is 5.88 Å². The molecule has 26 heavy (non-hydrogen) atoms. The van der Waals surface area contributed by atoms with Crippen LogP contribution in [0, 0.1) is 0 Å². The number of nitrogens with one attached hydrogen (secondary N) is 1. The number of H-pyrrole nitrogens is 1. The normalized spacial score (nSPS) is 11.3. The highest BCUT2D eigenvalue weighted by molar-refractivity contribution is 5.98. The molecule has 0 aliphatic rings. The summed E-state index contributed by atoms with van der Waals surface area (Å²) in [4.78, 5) is 15.0. The molecule has 7 nitrogen and oxygen atoms in total. The third-order valence-electron chi connectivity index (χ3n) is 4.03. The van der Waals surface area contributed by atoms with E-state index in [-0.39, 0.29) is 11.6 Å². The molecule has 2 aromatic carbocycles. The van der Waals surface area contributed by atoms with E-state index in [4.69, 9.17) is 9.47 Å². The molecule has 0 aliphatic carbocycles. The van der Waals surface area contributed by atoms with E-state index in [2.05, 4.69) is 15.2 Å². The summed E-state index contributed by atoms with van der Waals surface area (Å²) in [6.45, 7) is 0.499. The fourth-order valence-electron chi connectivity index (χ4n) is 2.75. The number of amides is 1. The second kappa shape index (κ2) is 7.79. The number of carbonyl (C=O) groups excluding carboxylic acids is 1. The summed E-state index contributed by atoms with van der Waals surface area (Å²) in [6, 6.07) is 12.2. The predicted molar refractivity (Wildman–Crippen MR) is 97.4 cm³/mol. The first-order valence-corrected chi connectivity index (χ1v) is 8.06. The maximum Gasteiger partial charge on any atom is 0.295 e. The third-order valence-corrected chi connectivity index (χ3v) is 4.03. The van der Waals surface area contributed by atoms with Crippen LogP contribution in [0.2, 0.25) is 0 Å². The summed E-state index contributed by atoms with van der Waals surface area (Å²) in [5.41, 5.74) is 2.18. The fraction of sp³-hybridized carbons (Fsp3) is 0.211. The van der Waals surface area contributed by atoms with Crippen LogP contribution in [0.1, 0.15) is 15.9 Å². The number of azo groups is 1. The zero-order valence-corrected chi connectivity index (χ0v) is 14.5. The van der Waals surface area contributed by atoms with Gasteiger partial charge in [-0.25, -0.2) is 0 Å². The first-order chi connectivity index (χ1) is 12.7. The van der Waals surface area contributed by atoms with Crippen LogP contribution in [0.3, 0.4) is 0 Å². The van der Waals surface area contributed by atoms with Crippen molar-refractivity contribution in [3.05, 3.63) is 53.6 Å². The number of carbonyl (C=O) groups is 1. The van der Waals surface area contributed by atoms with Crippen molar-refractivity contribution in [1.82, 2.24) is 4.98 Å². The quantitative estimate of drug-likeness (QED) is 0.655. The summed E-state index contributed by atoms with van der Waals surface area (Å²) in [7, 11) is 3.20. The summed E-state index contributed by atoms with van der Waals surface area (Å²) < 4.78 is 10.5. The van der Waals surface area contributed by atoms with Crippen LogP contribution in [-0.2, 0) is 11.2 Å². The summed E-state index contributed by atoms with van der Waals surface area (Å²) >= 11 is 0. The molecule has 0 atom stereocenters. The van der Waals surface area contributed by atoms with Gasteiger partial charge in [0.25, 0.3) is 5.91 Å². The molecule has 134 valence electrons. The Morgan fingerprint density at radius 2 is 1.92 bits per heavy atom. The Labute approximate surface area is 150 Å². The molecule has 0 saturated heterocycles. The van der Waals surface area contributed by atoms with Crippen LogP contribution in [0.4, 0.5) is 5.69 Å². The second-order valence-corrected chi connectivity index (χ2v) is 5.61. The van der Waals surface area contributed by atoms with Gasteiger partial charge in [0, 0.05) is 30.0 Å². The van der Waals surface area contributed by atoms with E-state index in [9.17, 15) is 9.90 Å². The van der Waals surface area contributed by atoms with Crippen molar-refractivity contribution in [2.75, 3.05) is 20.8 Å². The van der Waals surface area contributed by atoms with Gasteiger partial charge >= 0.3 is 0 Å². The van der Waals surface area contributed by atoms with Crippen molar-refractivity contribution in [3.63, 3.8) is 0 Å². The number of benzene rings is 2. The Balaban J connectivity index is 2.00. The smallest absolute Gasteiger partial charge is 0.295 e. The van der Waals surface area contributed by atoms with Crippen LogP contribution in [0.15, 0.2) is 52.7 Å². The van der Waals surface area contributed by atoms with Crippen molar-refractivity contribution in [2.45, 2.75) is 6.42 Å². The van der Waals surface area contributed by atoms with Crippen LogP contribution in [0.25, 0.3) is 10.9 Å². The van der Waals surface area contributed by atoms with E-state index in [1.165, 1.54) is 0 Å². The summed E-state index contributed by atoms with van der Waals surface area (Å²) in [5, 5.41) is 18.6. The molecule has 7 heteroatoms. The second-order valence-electron chi connectivity index (χ2n) is 5.61. The Bertz CT molecular complexity index is 948. The van der Waals surface area contributed by atoms with Crippen LogP contribution < -0.4 is 4.74 Å². The molecule has 0 fully saturated rings. The van der Waals surface area contributed by atoms with Crippen molar-refractivity contribution in [2.24, 2.45) is 10.2 Å². The largest absolute Gasteiger partial charge is 0.496 e. The van der Waals surface area contributed by atoms with E-state index >= 15 is 0 Å². The minimum Gasteiger partial charge on any atom is -0.496 e. The fourth-order valence-corrected chi connectivity index (χ4v) is 2.75. The van der Waals surface area contributed by atoms with Gasteiger partial charge in [0.1, 0.15) is 5.75 Å². The van der Waals surface area contributed by atoms with Crippen LogP contribution in [0.5, 0.6) is 11.6 Å². The third kappa shape index (κ3) is 3.43. The molecule has 3 rings (SSSR count). The molecular formula is C19H19N3O4. The molecule has 1 amide bonds. The predicted octanol–water partition coefficient (Wildman–Crippen LogP) is 4.00. The molecule has 0 radical (unpaired) electrons. The molecule has 1 aromatic heterocycles. The number of nitrogens with zero attached hydrogens (tertiary/aromatic N) is 2. The standard InChI is InChI=1S/C19H19N3O4/c1-25-11-10-13-15(26-2)9-8-14-16(13)20-19(24)17(14)21-22-18(23)12-6-4-3-5-7-12/h3-9,20,24H,10-11H2,1-2H3. The minimum atomic E-state index is -0.479. The van der Waals surface area contributed by atoms with Gasteiger partial charge in [-0.1, -0.05) is 18.2 Å². The number of ether oxygens (including phenoxy) is 2. The van der Waals surface area contributed by atoms with E-state index in [0.717, 1.165) is 5.56 Å². The molecule has 2 N–H and O–H groups in total. The van der Waals surface area contributed by atoms with Gasteiger partial charge < -0.3 is 19.6 Å². The van der Waals surface area contributed by atoms with Gasteiger partial charge in [-0.2, -0.15) is 0 Å². The zero-order chi connectivity index (χ0) is 18.5. The van der Waals surface area contributed by atoms with Crippen molar-refractivity contribution in [1.29, 1.82) is 0 Å². The highest BCUT2D eigenvalue weighted by Gasteiger charge is 2.17. The van der Waals surface area contributed by atoms with Gasteiger partial charge in [-0.05, 0) is 24.3 Å². The monoisotopic (exact) mass is 353 g/mol. The number of fused-ring (bicyclic) bond motifs is 1. The first-order valence-electron chi connectivity index (χ1n) is 8.06. The summed E-state index contributed by atoms with van der Waals surface area (Å²) in [5.74, 6) is 0.0450. The molecule has 0 bridgehead atoms. The highest BCUT2D eigenvalue weighted by Crippen LogP contribution is 2.40. The van der Waals surface area contributed by atoms with Crippen LogP contribution >= 0.6 is 0 Å². The molecular weight excluding hydrogens is 334 g/mol. The molecule has 0 aliphatic heterocycles. The Kier molecular flexibility index (Phi) is 5.28. The zero-order valence-electron chi connectivity index (χ0n) is 14.5. The van der Waals surface area contributed by atoms with E-state index < -0.39 is 5.91 Å². The van der Waals surface area contributed by atoms with Crippen LogP contribution in [-0.4, -0.2) is 36.8 Å². The lowest BCUT2D eigenvalue weighted by Gasteiger charge is -2.09. The average Bonchev–Trinajstić information content (AvgIpc) is 3.00. The summed E-state index contributed by atoms with van der Waals surface area (Å²) in [6.07, 6.45) is 0.594. The number of hydrogen-bond acceptors (Lipinski definition) is 5. The molecule has 1 heterocycles. The van der Waals surface area contributed by atoms with E-state index in [1.54, 1.807) is 50.6 Å². The maximum absolute atomic E-state index is 12.1. The molecule has 0 saturated carbocycles. The number of aromatic nitrogens is 1. The lowest BCUT2D eigenvalue weighted by molar-refractivity contribution is 0.0995. The number of methoxy groups -OCH3 is 2. The lowest BCUT2D eigenvalue weighted by atomic mass is 10.1. The van der Waals surface area contributed by atoms with Crippen molar-refractivity contribution < 1.29 is 19.4 Å². The van der Waals surface area contributed by atoms with E-state index in [0.29, 0.717) is 35.2 Å². The van der Waals surface area contributed by atoms with Gasteiger partial charge in [0.15, 0.2) is 5.69 Å². The number of hydrogen-bond donors (Lipinski definition) is 2. The Morgan fingerprint density at radius 1 is 1.15 bits per heavy atom. The molecule has 3 aromatic rings. The minimum absolute atomic E-state index is 0.156.